The van der Waals surface area contributed by atoms with Gasteiger partial charge in [-0.1, -0.05) is 19.8 Å². The van der Waals surface area contributed by atoms with Crippen LogP contribution >= 0.6 is 0 Å². The molecule has 1 saturated carbocycles. The molecule has 1 aliphatic carbocycles. The zero-order chi connectivity index (χ0) is 10.6. The number of carbonyl (C=O) groups excluding carboxylic acids is 1. The molecule has 1 rings (SSSR count). The minimum Gasteiger partial charge on any atom is -0.469 e. The van der Waals surface area contributed by atoms with Crippen molar-refractivity contribution >= 4 is 5.97 Å². The van der Waals surface area contributed by atoms with Crippen LogP contribution in [0.3, 0.4) is 0 Å². The lowest BCUT2D eigenvalue weighted by Gasteiger charge is -2.29. The Morgan fingerprint density at radius 1 is 1.57 bits per heavy atom. The van der Waals surface area contributed by atoms with Crippen molar-refractivity contribution in [3.63, 3.8) is 0 Å². The molecule has 2 N–H and O–H groups in total. The molecule has 14 heavy (non-hydrogen) atoms. The zero-order valence-corrected chi connectivity index (χ0v) is 9.21. The first-order chi connectivity index (χ1) is 6.71. The highest BCUT2D eigenvalue weighted by atomic mass is 16.5. The predicted octanol–water partition coefficient (Wildman–Crippen LogP) is 1.70. The molecule has 82 valence electrons. The maximum absolute atomic E-state index is 11.8. The van der Waals surface area contributed by atoms with Crippen LogP contribution in [0.15, 0.2) is 0 Å². The monoisotopic (exact) mass is 199 g/mol. The van der Waals surface area contributed by atoms with Gasteiger partial charge in [0.1, 0.15) is 0 Å². The average Bonchev–Trinajstić information content (AvgIpc) is 3.03. The summed E-state index contributed by atoms with van der Waals surface area (Å²) in [5, 5.41) is 0. The van der Waals surface area contributed by atoms with Crippen molar-refractivity contribution in [1.29, 1.82) is 0 Å². The Hall–Kier alpha value is -0.570. The maximum atomic E-state index is 11.8. The van der Waals surface area contributed by atoms with E-state index in [4.69, 9.17) is 10.5 Å². The standard InChI is InChI=1S/C11H21NO2/c1-3-4-7-11(8-12,9-5-6-9)10(13)14-2/h9H,3-8,12H2,1-2H3. The third-order valence-electron chi connectivity index (χ3n) is 3.29. The summed E-state index contributed by atoms with van der Waals surface area (Å²) in [4.78, 5) is 11.8. The molecule has 1 atom stereocenters. The van der Waals surface area contributed by atoms with Crippen LogP contribution in [0.2, 0.25) is 0 Å². The molecule has 0 amide bonds. The van der Waals surface area contributed by atoms with Crippen LogP contribution in [0.1, 0.15) is 39.0 Å². The SMILES string of the molecule is CCCCC(CN)(C(=O)OC)C1CC1. The number of nitrogens with two attached hydrogens (primary N) is 1. The van der Waals surface area contributed by atoms with Crippen LogP contribution in [-0.2, 0) is 9.53 Å². The van der Waals surface area contributed by atoms with Gasteiger partial charge < -0.3 is 10.5 Å². The number of ether oxygens (including phenoxy) is 1. The summed E-state index contributed by atoms with van der Waals surface area (Å²) in [6.07, 6.45) is 5.32. The molecule has 1 aliphatic rings. The first kappa shape index (κ1) is 11.5. The minimum atomic E-state index is -0.370. The molecule has 0 aromatic carbocycles. The number of esters is 1. The molecule has 0 heterocycles. The second-order valence-corrected chi connectivity index (χ2v) is 4.23. The van der Waals surface area contributed by atoms with Crippen molar-refractivity contribution in [2.24, 2.45) is 17.1 Å². The molecule has 3 heteroatoms. The average molecular weight is 199 g/mol. The van der Waals surface area contributed by atoms with Gasteiger partial charge in [0.25, 0.3) is 0 Å². The second-order valence-electron chi connectivity index (χ2n) is 4.23. The highest BCUT2D eigenvalue weighted by Gasteiger charge is 2.50. The number of unbranched alkanes of at least 4 members (excludes halogenated alkanes) is 1. The van der Waals surface area contributed by atoms with Gasteiger partial charge in [0.2, 0.25) is 0 Å². The fourth-order valence-corrected chi connectivity index (χ4v) is 2.16. The summed E-state index contributed by atoms with van der Waals surface area (Å²) < 4.78 is 4.89. The number of carbonyl (C=O) groups is 1. The van der Waals surface area contributed by atoms with E-state index in [2.05, 4.69) is 6.92 Å². The first-order valence-electron chi connectivity index (χ1n) is 5.49. The summed E-state index contributed by atoms with van der Waals surface area (Å²) in [6.45, 7) is 2.57. The van der Waals surface area contributed by atoms with Gasteiger partial charge >= 0.3 is 5.97 Å². The molecule has 0 spiro atoms. The van der Waals surface area contributed by atoms with Crippen LogP contribution < -0.4 is 5.73 Å². The van der Waals surface area contributed by atoms with Gasteiger partial charge in [0, 0.05) is 6.54 Å². The quantitative estimate of drug-likeness (QED) is 0.662. The Morgan fingerprint density at radius 3 is 2.57 bits per heavy atom. The normalized spacial score (nSPS) is 20.2. The Bertz CT molecular complexity index is 201. The lowest BCUT2D eigenvalue weighted by molar-refractivity contribution is -0.154. The van der Waals surface area contributed by atoms with E-state index >= 15 is 0 Å². The highest BCUT2D eigenvalue weighted by Crippen LogP contribution is 2.48. The summed E-state index contributed by atoms with van der Waals surface area (Å²) in [6, 6.07) is 0. The van der Waals surface area contributed by atoms with Crippen molar-refractivity contribution in [3.8, 4) is 0 Å². The Balaban J connectivity index is 2.69. The molecule has 0 saturated heterocycles. The molecule has 0 aliphatic heterocycles. The Labute approximate surface area is 86.0 Å². The topological polar surface area (TPSA) is 52.3 Å². The fraction of sp³-hybridized carbons (Fsp3) is 0.909. The van der Waals surface area contributed by atoms with Crippen LogP contribution in [-0.4, -0.2) is 19.6 Å². The van der Waals surface area contributed by atoms with Gasteiger partial charge in [-0.15, -0.1) is 0 Å². The molecule has 0 aromatic heterocycles. The van der Waals surface area contributed by atoms with Crippen molar-refractivity contribution in [2.75, 3.05) is 13.7 Å². The van der Waals surface area contributed by atoms with Gasteiger partial charge in [0.05, 0.1) is 12.5 Å². The van der Waals surface area contributed by atoms with E-state index in [9.17, 15) is 4.79 Å². The molecule has 0 radical (unpaired) electrons. The molecule has 1 unspecified atom stereocenters. The van der Waals surface area contributed by atoms with Crippen LogP contribution in [0.5, 0.6) is 0 Å². The van der Waals surface area contributed by atoms with E-state index in [0.717, 1.165) is 32.1 Å². The minimum absolute atomic E-state index is 0.101. The van der Waals surface area contributed by atoms with E-state index in [-0.39, 0.29) is 11.4 Å². The van der Waals surface area contributed by atoms with Gasteiger partial charge in [-0.3, -0.25) is 4.79 Å². The molecule has 3 nitrogen and oxygen atoms in total. The largest absolute Gasteiger partial charge is 0.469 e. The van der Waals surface area contributed by atoms with Crippen molar-refractivity contribution in [1.82, 2.24) is 0 Å². The first-order valence-corrected chi connectivity index (χ1v) is 5.49. The third-order valence-corrected chi connectivity index (χ3v) is 3.29. The fourth-order valence-electron chi connectivity index (χ4n) is 2.16. The van der Waals surface area contributed by atoms with Gasteiger partial charge in [-0.25, -0.2) is 0 Å². The van der Waals surface area contributed by atoms with Crippen LogP contribution in [0.25, 0.3) is 0 Å². The molecule has 0 aromatic rings. The van der Waals surface area contributed by atoms with Crippen molar-refractivity contribution in [3.05, 3.63) is 0 Å². The molecular formula is C11H21NO2. The predicted molar refractivity (Wildman–Crippen MR) is 55.8 cm³/mol. The molecule has 1 fully saturated rings. The van der Waals surface area contributed by atoms with E-state index in [0.29, 0.717) is 12.5 Å². The Kier molecular flexibility index (Phi) is 3.93. The summed E-state index contributed by atoms with van der Waals surface area (Å²) in [5.41, 5.74) is 5.39. The van der Waals surface area contributed by atoms with E-state index in [1.165, 1.54) is 7.11 Å². The van der Waals surface area contributed by atoms with E-state index in [1.54, 1.807) is 0 Å². The van der Waals surface area contributed by atoms with E-state index < -0.39 is 0 Å². The van der Waals surface area contributed by atoms with Gasteiger partial charge in [0.15, 0.2) is 0 Å². The molecular weight excluding hydrogens is 178 g/mol. The molecule has 0 bridgehead atoms. The smallest absolute Gasteiger partial charge is 0.313 e. The number of hydrogen-bond donors (Lipinski definition) is 1. The van der Waals surface area contributed by atoms with Gasteiger partial charge in [-0.2, -0.15) is 0 Å². The van der Waals surface area contributed by atoms with Crippen molar-refractivity contribution < 1.29 is 9.53 Å². The van der Waals surface area contributed by atoms with Crippen LogP contribution in [0, 0.1) is 11.3 Å². The maximum Gasteiger partial charge on any atom is 0.313 e. The number of rotatable bonds is 6. The summed E-state index contributed by atoms with van der Waals surface area (Å²) in [5.74, 6) is 0.377. The second kappa shape index (κ2) is 4.78. The Morgan fingerprint density at radius 2 is 2.21 bits per heavy atom. The summed E-state index contributed by atoms with van der Waals surface area (Å²) in [7, 11) is 1.46. The summed E-state index contributed by atoms with van der Waals surface area (Å²) >= 11 is 0. The third kappa shape index (κ3) is 2.08. The lowest BCUT2D eigenvalue weighted by Crippen LogP contribution is -2.41. The van der Waals surface area contributed by atoms with Crippen molar-refractivity contribution in [2.45, 2.75) is 39.0 Å². The van der Waals surface area contributed by atoms with Gasteiger partial charge in [-0.05, 0) is 25.2 Å². The highest BCUT2D eigenvalue weighted by molar-refractivity contribution is 5.78. The lowest BCUT2D eigenvalue weighted by atomic mass is 9.78. The van der Waals surface area contributed by atoms with E-state index in [1.807, 2.05) is 0 Å². The van der Waals surface area contributed by atoms with Crippen LogP contribution in [0.4, 0.5) is 0 Å². The number of methoxy groups -OCH3 is 1. The number of hydrogen-bond acceptors (Lipinski definition) is 3. The zero-order valence-electron chi connectivity index (χ0n) is 9.21.